The highest BCUT2D eigenvalue weighted by atomic mass is 79.9. The van der Waals surface area contributed by atoms with Crippen molar-refractivity contribution in [3.8, 4) is 5.75 Å². The van der Waals surface area contributed by atoms with Crippen molar-refractivity contribution in [2.24, 2.45) is 0 Å². The number of halogens is 1. The maximum atomic E-state index is 12.5. The summed E-state index contributed by atoms with van der Waals surface area (Å²) in [7, 11) is 3.10. The Morgan fingerprint density at radius 1 is 1.08 bits per heavy atom. The Morgan fingerprint density at radius 2 is 1.68 bits per heavy atom. The summed E-state index contributed by atoms with van der Waals surface area (Å²) in [6.45, 7) is 0. The number of nitrogens with zero attached hydrogens (tertiary/aromatic N) is 1. The van der Waals surface area contributed by atoms with Crippen LogP contribution in [-0.2, 0) is 9.59 Å². The number of likely N-dealkylation sites (N-methyl/N-ethyl adjacent to an activating group) is 1. The number of ether oxygens (including phenoxy) is 1. The van der Waals surface area contributed by atoms with Gasteiger partial charge in [0.2, 0.25) is 0 Å². The fourth-order valence-corrected chi connectivity index (χ4v) is 3.15. The highest BCUT2D eigenvalue weighted by Crippen LogP contribution is 2.38. The number of amides is 1. The molecule has 1 amide bonds. The average molecular weight is 402 g/mol. The molecule has 1 N–H and O–H groups in total. The highest BCUT2D eigenvalue weighted by molar-refractivity contribution is 9.10. The minimum Gasteiger partial charge on any atom is -0.507 e. The molecule has 1 aliphatic rings. The van der Waals surface area contributed by atoms with Gasteiger partial charge in [0.25, 0.3) is 11.7 Å². The number of hydrogen-bond donors (Lipinski definition) is 1. The number of hydrogen-bond acceptors (Lipinski definition) is 4. The zero-order chi connectivity index (χ0) is 18.1. The molecule has 2 aromatic carbocycles. The largest absolute Gasteiger partial charge is 0.507 e. The lowest BCUT2D eigenvalue weighted by Gasteiger charge is -2.21. The summed E-state index contributed by atoms with van der Waals surface area (Å²) < 4.78 is 5.99. The van der Waals surface area contributed by atoms with Crippen LogP contribution in [-0.4, -0.2) is 35.9 Å². The van der Waals surface area contributed by atoms with Crippen LogP contribution in [0.15, 0.2) is 58.6 Å². The Hall–Kier alpha value is -2.60. The summed E-state index contributed by atoms with van der Waals surface area (Å²) in [4.78, 5) is 26.0. The minimum absolute atomic E-state index is 0.0833. The van der Waals surface area contributed by atoms with E-state index in [0.29, 0.717) is 11.3 Å². The van der Waals surface area contributed by atoms with Crippen molar-refractivity contribution in [3.05, 3.63) is 69.7 Å². The Labute approximate surface area is 153 Å². The molecule has 0 saturated carbocycles. The van der Waals surface area contributed by atoms with Gasteiger partial charge in [-0.15, -0.1) is 0 Å². The molecule has 1 heterocycles. The molecule has 6 heteroatoms. The predicted octanol–water partition coefficient (Wildman–Crippen LogP) is 3.51. The maximum Gasteiger partial charge on any atom is 0.295 e. The third-order valence-corrected chi connectivity index (χ3v) is 4.75. The van der Waals surface area contributed by atoms with E-state index in [-0.39, 0.29) is 11.3 Å². The second-order valence-corrected chi connectivity index (χ2v) is 6.61. The molecule has 25 heavy (non-hydrogen) atoms. The molecule has 1 aliphatic heterocycles. The first-order chi connectivity index (χ1) is 11.9. The molecule has 2 aromatic rings. The first kappa shape index (κ1) is 17.2. The van der Waals surface area contributed by atoms with Gasteiger partial charge in [-0.05, 0) is 42.0 Å². The monoisotopic (exact) mass is 401 g/mol. The van der Waals surface area contributed by atoms with Gasteiger partial charge in [0, 0.05) is 17.1 Å². The van der Waals surface area contributed by atoms with Crippen molar-refractivity contribution in [2.75, 3.05) is 14.2 Å². The second-order valence-electron chi connectivity index (χ2n) is 5.69. The molecule has 3 rings (SSSR count). The first-order valence-electron chi connectivity index (χ1n) is 7.58. The van der Waals surface area contributed by atoms with E-state index in [1.807, 2.05) is 24.3 Å². The van der Waals surface area contributed by atoms with Gasteiger partial charge in [0.15, 0.2) is 0 Å². The van der Waals surface area contributed by atoms with Gasteiger partial charge in [-0.2, -0.15) is 0 Å². The summed E-state index contributed by atoms with van der Waals surface area (Å²) in [5, 5.41) is 10.7. The third kappa shape index (κ3) is 3.05. The number of ketones is 1. The number of Topliss-reactive ketones (excluding diaryl/α,β-unsaturated/α-hetero) is 1. The Balaban J connectivity index is 2.12. The van der Waals surface area contributed by atoms with Crippen LogP contribution >= 0.6 is 15.9 Å². The lowest BCUT2D eigenvalue weighted by Crippen LogP contribution is -2.24. The minimum atomic E-state index is -0.691. The summed E-state index contributed by atoms with van der Waals surface area (Å²) in [5.74, 6) is -0.887. The van der Waals surface area contributed by atoms with Crippen LogP contribution in [0.1, 0.15) is 17.2 Å². The SMILES string of the molecule is COc1ccc(/C(O)=C2\C(=O)C(=O)N(C)[C@@H]2c2ccc(Br)cc2)cc1. The molecule has 0 aliphatic carbocycles. The number of aliphatic hydroxyl groups is 1. The van der Waals surface area contributed by atoms with E-state index in [0.717, 1.165) is 10.0 Å². The van der Waals surface area contributed by atoms with Gasteiger partial charge in [-0.1, -0.05) is 28.1 Å². The van der Waals surface area contributed by atoms with Crippen molar-refractivity contribution >= 4 is 33.4 Å². The average Bonchev–Trinajstić information content (AvgIpc) is 2.86. The number of benzene rings is 2. The molecule has 0 spiro atoms. The van der Waals surface area contributed by atoms with Crippen molar-refractivity contribution in [1.29, 1.82) is 0 Å². The lowest BCUT2D eigenvalue weighted by molar-refractivity contribution is -0.139. The van der Waals surface area contributed by atoms with Gasteiger partial charge in [-0.25, -0.2) is 0 Å². The van der Waals surface area contributed by atoms with Crippen LogP contribution in [0.5, 0.6) is 5.75 Å². The Bertz CT molecular complexity index is 856. The van der Waals surface area contributed by atoms with E-state index in [1.54, 1.807) is 38.4 Å². The lowest BCUT2D eigenvalue weighted by atomic mass is 9.95. The van der Waals surface area contributed by atoms with Crippen molar-refractivity contribution in [1.82, 2.24) is 4.90 Å². The van der Waals surface area contributed by atoms with Crippen molar-refractivity contribution in [3.63, 3.8) is 0 Å². The van der Waals surface area contributed by atoms with Gasteiger partial charge >= 0.3 is 0 Å². The Morgan fingerprint density at radius 3 is 2.24 bits per heavy atom. The summed E-state index contributed by atoms with van der Waals surface area (Å²) in [6.07, 6.45) is 0. The molecular formula is C19H16BrNO4. The van der Waals surface area contributed by atoms with E-state index >= 15 is 0 Å². The second kappa shape index (κ2) is 6.72. The van der Waals surface area contributed by atoms with Crippen LogP contribution in [0, 0.1) is 0 Å². The zero-order valence-corrected chi connectivity index (χ0v) is 15.3. The van der Waals surface area contributed by atoms with Crippen molar-refractivity contribution < 1.29 is 19.4 Å². The van der Waals surface area contributed by atoms with Gasteiger partial charge in [0.05, 0.1) is 18.7 Å². The molecule has 5 nitrogen and oxygen atoms in total. The van der Waals surface area contributed by atoms with E-state index in [9.17, 15) is 14.7 Å². The number of carbonyl (C=O) groups is 2. The molecule has 1 atom stereocenters. The summed E-state index contributed by atoms with van der Waals surface area (Å²) in [5.41, 5.74) is 1.29. The molecule has 0 aromatic heterocycles. The molecule has 1 saturated heterocycles. The summed E-state index contributed by atoms with van der Waals surface area (Å²) in [6, 6.07) is 13.3. The van der Waals surface area contributed by atoms with Crippen LogP contribution in [0.4, 0.5) is 0 Å². The quantitative estimate of drug-likeness (QED) is 0.485. The number of carbonyl (C=O) groups excluding carboxylic acids is 2. The van der Waals surface area contributed by atoms with Crippen molar-refractivity contribution in [2.45, 2.75) is 6.04 Å². The highest BCUT2D eigenvalue weighted by Gasteiger charge is 2.44. The van der Waals surface area contributed by atoms with E-state index in [2.05, 4.69) is 15.9 Å². The number of rotatable bonds is 3. The number of aliphatic hydroxyl groups excluding tert-OH is 1. The van der Waals surface area contributed by atoms with Crippen LogP contribution in [0.25, 0.3) is 5.76 Å². The third-order valence-electron chi connectivity index (χ3n) is 4.22. The predicted molar refractivity (Wildman–Crippen MR) is 97.2 cm³/mol. The normalized spacial score (nSPS) is 19.3. The van der Waals surface area contributed by atoms with Gasteiger partial charge < -0.3 is 14.7 Å². The van der Waals surface area contributed by atoms with Crippen LogP contribution < -0.4 is 4.74 Å². The Kier molecular flexibility index (Phi) is 4.63. The van der Waals surface area contributed by atoms with Crippen LogP contribution in [0.2, 0.25) is 0 Å². The zero-order valence-electron chi connectivity index (χ0n) is 13.7. The standard InChI is InChI=1S/C19H16BrNO4/c1-21-16(11-3-7-13(20)8-4-11)15(18(23)19(21)24)17(22)12-5-9-14(25-2)10-6-12/h3-10,16,22H,1-2H3/b17-15+/t16-/m1/s1. The molecule has 0 unspecified atom stereocenters. The molecular weight excluding hydrogens is 386 g/mol. The topological polar surface area (TPSA) is 66.8 Å². The van der Waals surface area contributed by atoms with Crippen LogP contribution in [0.3, 0.4) is 0 Å². The summed E-state index contributed by atoms with van der Waals surface area (Å²) >= 11 is 3.37. The molecule has 128 valence electrons. The molecule has 0 bridgehead atoms. The molecule has 1 fully saturated rings. The van der Waals surface area contributed by atoms with E-state index < -0.39 is 17.7 Å². The van der Waals surface area contributed by atoms with Gasteiger partial charge in [-0.3, -0.25) is 9.59 Å². The maximum absolute atomic E-state index is 12.5. The smallest absolute Gasteiger partial charge is 0.295 e. The number of methoxy groups -OCH3 is 1. The van der Waals surface area contributed by atoms with Gasteiger partial charge in [0.1, 0.15) is 11.5 Å². The number of likely N-dealkylation sites (tertiary alicyclic amines) is 1. The molecule has 0 radical (unpaired) electrons. The van der Waals surface area contributed by atoms with E-state index in [4.69, 9.17) is 4.74 Å². The van der Waals surface area contributed by atoms with E-state index in [1.165, 1.54) is 4.90 Å². The fraction of sp³-hybridized carbons (Fsp3) is 0.158. The fourth-order valence-electron chi connectivity index (χ4n) is 2.89. The first-order valence-corrected chi connectivity index (χ1v) is 8.38.